The topological polar surface area (TPSA) is 17.1 Å². The van der Waals surface area contributed by atoms with E-state index in [2.05, 4.69) is 38.8 Å². The highest BCUT2D eigenvalue weighted by Gasteiger charge is 2.09. The van der Waals surface area contributed by atoms with E-state index in [0.717, 1.165) is 18.3 Å². The molecule has 1 nitrogen and oxygen atoms in total. The largest absolute Gasteiger partial charge is 0.298 e. The summed E-state index contributed by atoms with van der Waals surface area (Å²) in [5.74, 6) is 0.554. The summed E-state index contributed by atoms with van der Waals surface area (Å²) in [6.07, 6.45) is 14.6. The highest BCUT2D eigenvalue weighted by molar-refractivity contribution is 5.74. The van der Waals surface area contributed by atoms with Crippen LogP contribution in [0.5, 0.6) is 0 Å². The lowest BCUT2D eigenvalue weighted by Crippen LogP contribution is -1.98. The van der Waals surface area contributed by atoms with Crippen molar-refractivity contribution in [3.05, 3.63) is 61.2 Å². The third-order valence-corrected chi connectivity index (χ3v) is 4.15. The normalized spacial score (nSPS) is 10.5. The fourth-order valence-corrected chi connectivity index (χ4v) is 2.82. The van der Waals surface area contributed by atoms with Gasteiger partial charge in [0.05, 0.1) is 0 Å². The number of aldehydes is 1. The minimum Gasteiger partial charge on any atom is -0.298 e. The minimum absolute atomic E-state index is 0.554. The Kier molecular flexibility index (Phi) is 20.9. The number of carbonyl (C=O) groups excluding carboxylic acids is 1. The van der Waals surface area contributed by atoms with Crippen LogP contribution in [0.2, 0.25) is 0 Å². The van der Waals surface area contributed by atoms with Gasteiger partial charge in [0.1, 0.15) is 6.29 Å². The van der Waals surface area contributed by atoms with Crippen LogP contribution in [-0.4, -0.2) is 6.29 Å². The van der Waals surface area contributed by atoms with E-state index in [9.17, 15) is 4.79 Å². The molecule has 25 heavy (non-hydrogen) atoms. The van der Waals surface area contributed by atoms with Crippen LogP contribution in [0, 0.1) is 0 Å². The number of unbranched alkanes of at least 4 members (excludes halogenated alkanes) is 6. The van der Waals surface area contributed by atoms with Crippen molar-refractivity contribution in [3.8, 4) is 0 Å². The summed E-state index contributed by atoms with van der Waals surface area (Å²) in [5.41, 5.74) is 2.10. The molecule has 0 heterocycles. The summed E-state index contributed by atoms with van der Waals surface area (Å²) >= 11 is 0. The van der Waals surface area contributed by atoms with Crippen LogP contribution in [0.4, 0.5) is 0 Å². The molecule has 0 N–H and O–H groups in total. The molecule has 0 spiro atoms. The summed E-state index contributed by atoms with van der Waals surface area (Å²) in [6.45, 7) is 16.1. The van der Waals surface area contributed by atoms with Gasteiger partial charge in [-0.3, -0.25) is 4.79 Å². The summed E-state index contributed by atoms with van der Waals surface area (Å²) in [7, 11) is 0. The molecule has 142 valence electrons. The predicted octanol–water partition coefficient (Wildman–Crippen LogP) is 8.13. The molecule has 0 fully saturated rings. The van der Waals surface area contributed by atoms with Gasteiger partial charge in [0, 0.05) is 5.56 Å². The van der Waals surface area contributed by atoms with Gasteiger partial charge < -0.3 is 0 Å². The zero-order chi connectivity index (χ0) is 19.3. The molecule has 1 aromatic rings. The highest BCUT2D eigenvalue weighted by atomic mass is 16.1. The lowest BCUT2D eigenvalue weighted by molar-refractivity contribution is 0.112. The molecule has 1 aromatic carbocycles. The van der Waals surface area contributed by atoms with E-state index < -0.39 is 0 Å². The maximum atomic E-state index is 10.7. The molecule has 0 aliphatic heterocycles. The van der Waals surface area contributed by atoms with E-state index in [-0.39, 0.29) is 0 Å². The lowest BCUT2D eigenvalue weighted by Gasteiger charge is -2.15. The Hall–Kier alpha value is -1.63. The first-order chi connectivity index (χ1) is 12.3. The van der Waals surface area contributed by atoms with Crippen molar-refractivity contribution < 1.29 is 4.79 Å². The fourth-order valence-electron chi connectivity index (χ4n) is 2.82. The Morgan fingerprint density at radius 1 is 0.920 bits per heavy atom. The van der Waals surface area contributed by atoms with E-state index in [0.29, 0.717) is 5.92 Å². The smallest absolute Gasteiger partial charge is 0.150 e. The Bertz CT molecular complexity index is 405. The molecule has 0 saturated carbocycles. The first-order valence-corrected chi connectivity index (χ1v) is 9.97. The lowest BCUT2D eigenvalue weighted by atomic mass is 9.89. The summed E-state index contributed by atoms with van der Waals surface area (Å²) in [6, 6.07) is 8.03. The van der Waals surface area contributed by atoms with Crippen LogP contribution >= 0.6 is 0 Å². The van der Waals surface area contributed by atoms with Crippen LogP contribution < -0.4 is 0 Å². The Balaban J connectivity index is 0. The zero-order valence-corrected chi connectivity index (χ0v) is 16.9. The van der Waals surface area contributed by atoms with Crippen molar-refractivity contribution >= 4 is 6.29 Å². The predicted molar refractivity (Wildman–Crippen MR) is 115 cm³/mol. The van der Waals surface area contributed by atoms with Crippen LogP contribution in [0.1, 0.15) is 100 Å². The quantitative estimate of drug-likeness (QED) is 0.212. The molecule has 0 amide bonds. The molecule has 1 heteroatoms. The van der Waals surface area contributed by atoms with Crippen molar-refractivity contribution in [1.29, 1.82) is 0 Å². The van der Waals surface area contributed by atoms with Gasteiger partial charge in [-0.05, 0) is 24.3 Å². The van der Waals surface area contributed by atoms with Gasteiger partial charge in [0.2, 0.25) is 0 Å². The number of carbonyl (C=O) groups is 1. The maximum Gasteiger partial charge on any atom is 0.150 e. The SMILES string of the molecule is C=C.C=CCC(CCCCCCCCC)c1ccc(C=O)cc1.CC. The number of allylic oxidation sites excluding steroid dienone is 1. The molecule has 1 rings (SSSR count). The average molecular weight is 345 g/mol. The van der Waals surface area contributed by atoms with Crippen molar-refractivity contribution in [2.24, 2.45) is 0 Å². The third-order valence-electron chi connectivity index (χ3n) is 4.15. The van der Waals surface area contributed by atoms with Crippen LogP contribution in [0.25, 0.3) is 0 Å². The molecule has 0 saturated heterocycles. The third kappa shape index (κ3) is 13.3. The minimum atomic E-state index is 0.554. The number of benzene rings is 1. The second-order valence-corrected chi connectivity index (χ2v) is 5.92. The van der Waals surface area contributed by atoms with Crippen molar-refractivity contribution in [1.82, 2.24) is 0 Å². The van der Waals surface area contributed by atoms with Gasteiger partial charge in [-0.15, -0.1) is 19.7 Å². The molecule has 0 aliphatic rings. The first-order valence-electron chi connectivity index (χ1n) is 9.97. The van der Waals surface area contributed by atoms with Crippen molar-refractivity contribution in [3.63, 3.8) is 0 Å². The van der Waals surface area contributed by atoms with Crippen LogP contribution in [0.15, 0.2) is 50.1 Å². The van der Waals surface area contributed by atoms with Gasteiger partial charge in [0.15, 0.2) is 0 Å². The van der Waals surface area contributed by atoms with E-state index in [4.69, 9.17) is 0 Å². The second kappa shape index (κ2) is 20.4. The van der Waals surface area contributed by atoms with Crippen molar-refractivity contribution in [2.45, 2.75) is 84.5 Å². The zero-order valence-electron chi connectivity index (χ0n) is 16.9. The molecular formula is C24H40O. The molecule has 0 bridgehead atoms. The first kappa shape index (κ1) is 25.6. The van der Waals surface area contributed by atoms with E-state index in [1.165, 1.54) is 56.9 Å². The summed E-state index contributed by atoms with van der Waals surface area (Å²) in [5, 5.41) is 0. The van der Waals surface area contributed by atoms with E-state index >= 15 is 0 Å². The highest BCUT2D eigenvalue weighted by Crippen LogP contribution is 2.26. The Morgan fingerprint density at radius 2 is 1.44 bits per heavy atom. The fraction of sp³-hybridized carbons (Fsp3) is 0.542. The standard InChI is InChI=1S/C20H30O.C2H6.C2H4/c1-3-5-6-7-8-9-10-12-19(11-4-2)20-15-13-18(17-21)14-16-20;2*1-2/h4,13-17,19H,2-3,5-12H2,1H3;1-2H3;1-2H2. The van der Waals surface area contributed by atoms with E-state index in [1.807, 2.05) is 32.1 Å². The molecular weight excluding hydrogens is 304 g/mol. The monoisotopic (exact) mass is 344 g/mol. The number of hydrogen-bond donors (Lipinski definition) is 0. The van der Waals surface area contributed by atoms with E-state index in [1.54, 1.807) is 0 Å². The summed E-state index contributed by atoms with van der Waals surface area (Å²) < 4.78 is 0. The summed E-state index contributed by atoms with van der Waals surface area (Å²) in [4.78, 5) is 10.7. The van der Waals surface area contributed by atoms with Gasteiger partial charge in [-0.1, -0.05) is 96.1 Å². The second-order valence-electron chi connectivity index (χ2n) is 5.92. The van der Waals surface area contributed by atoms with Crippen molar-refractivity contribution in [2.75, 3.05) is 0 Å². The maximum absolute atomic E-state index is 10.7. The molecule has 0 aliphatic carbocycles. The Morgan fingerprint density at radius 3 is 1.92 bits per heavy atom. The van der Waals surface area contributed by atoms with Gasteiger partial charge in [-0.2, -0.15) is 0 Å². The van der Waals surface area contributed by atoms with Gasteiger partial charge >= 0.3 is 0 Å². The molecule has 0 aromatic heterocycles. The molecule has 1 unspecified atom stereocenters. The van der Waals surface area contributed by atoms with Gasteiger partial charge in [0.25, 0.3) is 0 Å². The number of hydrogen-bond acceptors (Lipinski definition) is 1. The molecule has 1 atom stereocenters. The average Bonchev–Trinajstić information content (AvgIpc) is 2.69. The number of rotatable bonds is 12. The Labute approximate surface area is 157 Å². The van der Waals surface area contributed by atoms with Gasteiger partial charge in [-0.25, -0.2) is 0 Å². The molecule has 0 radical (unpaired) electrons. The van der Waals surface area contributed by atoms with Crippen LogP contribution in [-0.2, 0) is 0 Å². The van der Waals surface area contributed by atoms with Crippen LogP contribution in [0.3, 0.4) is 0 Å².